The number of benzene rings is 1. The molecule has 0 saturated carbocycles. The number of anilines is 1. The lowest BCUT2D eigenvalue weighted by molar-refractivity contribution is 0.229. The van der Waals surface area contributed by atoms with Gasteiger partial charge < -0.3 is 11.5 Å². The van der Waals surface area contributed by atoms with E-state index in [-0.39, 0.29) is 5.96 Å². The van der Waals surface area contributed by atoms with Gasteiger partial charge in [-0.15, -0.1) is 0 Å². The molecule has 0 bridgehead atoms. The zero-order chi connectivity index (χ0) is 13.0. The molecule has 0 radical (unpaired) electrons. The molecule has 2 aromatic rings. The molecular formula is C11H14N6O. The molecule has 0 aliphatic rings. The third kappa shape index (κ3) is 2.65. The standard InChI is InChI=1S/C11H14N6O/c12-5-8-1-3-10(4-2-8)15-11(16-18)17-7-9(13)6-14-17/h1-4,6-7,18H,5,12-13H2,(H,15,16). The Kier molecular flexibility index (Phi) is 3.56. The molecule has 7 nitrogen and oxygen atoms in total. The van der Waals surface area contributed by atoms with Crippen molar-refractivity contribution in [3.8, 4) is 0 Å². The Morgan fingerprint density at radius 3 is 2.61 bits per heavy atom. The molecular weight excluding hydrogens is 232 g/mol. The molecule has 94 valence electrons. The molecule has 7 heteroatoms. The van der Waals surface area contributed by atoms with Crippen molar-refractivity contribution in [3.05, 3.63) is 42.2 Å². The van der Waals surface area contributed by atoms with E-state index in [4.69, 9.17) is 16.7 Å². The fraction of sp³-hybridized carbons (Fsp3) is 0.0909. The van der Waals surface area contributed by atoms with E-state index < -0.39 is 0 Å². The van der Waals surface area contributed by atoms with E-state index in [9.17, 15) is 0 Å². The van der Waals surface area contributed by atoms with Crippen LogP contribution in [0.25, 0.3) is 0 Å². The van der Waals surface area contributed by atoms with Crippen molar-refractivity contribution < 1.29 is 5.21 Å². The van der Waals surface area contributed by atoms with Crippen LogP contribution >= 0.6 is 0 Å². The van der Waals surface area contributed by atoms with Gasteiger partial charge in [0, 0.05) is 6.54 Å². The summed E-state index contributed by atoms with van der Waals surface area (Å²) in [5.41, 5.74) is 15.2. The highest BCUT2D eigenvalue weighted by Crippen LogP contribution is 2.13. The first-order valence-corrected chi connectivity index (χ1v) is 5.31. The van der Waals surface area contributed by atoms with Gasteiger partial charge in [0.2, 0.25) is 5.96 Å². The van der Waals surface area contributed by atoms with Crippen molar-refractivity contribution in [1.29, 1.82) is 0 Å². The topological polar surface area (TPSA) is 114 Å². The summed E-state index contributed by atoms with van der Waals surface area (Å²) in [7, 11) is 0. The van der Waals surface area contributed by atoms with Crippen molar-refractivity contribution in [1.82, 2.24) is 15.3 Å². The number of hydroxylamine groups is 1. The predicted octanol–water partition coefficient (Wildman–Crippen LogP) is 0.439. The minimum Gasteiger partial charge on any atom is -0.396 e. The second-order valence-electron chi connectivity index (χ2n) is 3.64. The first-order valence-electron chi connectivity index (χ1n) is 5.31. The molecule has 2 rings (SSSR count). The van der Waals surface area contributed by atoms with Gasteiger partial charge in [-0.25, -0.2) is 15.2 Å². The summed E-state index contributed by atoms with van der Waals surface area (Å²) < 4.78 is 1.34. The predicted molar refractivity (Wildman–Crippen MR) is 68.4 cm³/mol. The van der Waals surface area contributed by atoms with Crippen molar-refractivity contribution in [3.63, 3.8) is 0 Å². The molecule has 0 unspecified atom stereocenters. The van der Waals surface area contributed by atoms with Crippen LogP contribution in [0.15, 0.2) is 41.7 Å². The molecule has 0 aliphatic heterocycles. The molecule has 0 spiro atoms. The van der Waals surface area contributed by atoms with Crippen LogP contribution in [0.2, 0.25) is 0 Å². The van der Waals surface area contributed by atoms with E-state index in [1.54, 1.807) is 12.1 Å². The lowest BCUT2D eigenvalue weighted by Crippen LogP contribution is -2.27. The number of rotatable bonds is 2. The van der Waals surface area contributed by atoms with Crippen LogP contribution in [-0.2, 0) is 6.54 Å². The normalized spacial score (nSPS) is 11.6. The van der Waals surface area contributed by atoms with Gasteiger partial charge in [0.25, 0.3) is 0 Å². The second kappa shape index (κ2) is 5.30. The van der Waals surface area contributed by atoms with Gasteiger partial charge in [-0.3, -0.25) is 5.21 Å². The zero-order valence-corrected chi connectivity index (χ0v) is 9.61. The summed E-state index contributed by atoms with van der Waals surface area (Å²) in [5, 5.41) is 13.0. The minimum absolute atomic E-state index is 0.159. The van der Waals surface area contributed by atoms with E-state index in [1.165, 1.54) is 17.1 Å². The number of nitrogen functional groups attached to an aromatic ring is 1. The van der Waals surface area contributed by atoms with Crippen LogP contribution in [-0.4, -0.2) is 20.9 Å². The van der Waals surface area contributed by atoms with Crippen LogP contribution in [0.3, 0.4) is 0 Å². The maximum Gasteiger partial charge on any atom is 0.248 e. The Hall–Kier alpha value is -2.38. The molecule has 1 aromatic heterocycles. The third-order valence-electron chi connectivity index (χ3n) is 2.33. The number of hydrogen-bond donors (Lipinski definition) is 4. The van der Waals surface area contributed by atoms with E-state index in [2.05, 4.69) is 10.1 Å². The Labute approximate surface area is 104 Å². The monoisotopic (exact) mass is 246 g/mol. The molecule has 0 fully saturated rings. The Balaban J connectivity index is 2.28. The number of nitrogens with zero attached hydrogens (tertiary/aromatic N) is 3. The molecule has 1 heterocycles. The Morgan fingerprint density at radius 2 is 2.11 bits per heavy atom. The number of hydrogen-bond acceptors (Lipinski definition) is 5. The van der Waals surface area contributed by atoms with Gasteiger partial charge in [0.1, 0.15) is 0 Å². The maximum absolute atomic E-state index is 9.05. The smallest absolute Gasteiger partial charge is 0.248 e. The zero-order valence-electron chi connectivity index (χ0n) is 9.61. The van der Waals surface area contributed by atoms with Crippen molar-refractivity contribution in [2.75, 3.05) is 5.73 Å². The molecule has 0 saturated heterocycles. The maximum atomic E-state index is 9.05. The summed E-state index contributed by atoms with van der Waals surface area (Å²) in [6, 6.07) is 7.33. The minimum atomic E-state index is 0.159. The van der Waals surface area contributed by atoms with Crippen LogP contribution in [0.1, 0.15) is 5.56 Å². The fourth-order valence-electron chi connectivity index (χ4n) is 1.41. The van der Waals surface area contributed by atoms with Crippen LogP contribution in [0.5, 0.6) is 0 Å². The van der Waals surface area contributed by atoms with Crippen molar-refractivity contribution in [2.24, 2.45) is 10.7 Å². The van der Waals surface area contributed by atoms with E-state index in [0.29, 0.717) is 17.9 Å². The number of aromatic nitrogens is 2. The van der Waals surface area contributed by atoms with Gasteiger partial charge in [0.15, 0.2) is 0 Å². The lowest BCUT2D eigenvalue weighted by atomic mass is 10.2. The summed E-state index contributed by atoms with van der Waals surface area (Å²) in [5.74, 6) is 0.159. The molecule has 6 N–H and O–H groups in total. The van der Waals surface area contributed by atoms with Gasteiger partial charge in [0.05, 0.1) is 23.8 Å². The van der Waals surface area contributed by atoms with Gasteiger partial charge in [-0.1, -0.05) is 12.1 Å². The average molecular weight is 246 g/mol. The molecule has 18 heavy (non-hydrogen) atoms. The van der Waals surface area contributed by atoms with Crippen LogP contribution in [0.4, 0.5) is 11.4 Å². The second-order valence-corrected chi connectivity index (χ2v) is 3.64. The summed E-state index contributed by atoms with van der Waals surface area (Å²) in [4.78, 5) is 4.20. The highest BCUT2D eigenvalue weighted by Gasteiger charge is 2.03. The first kappa shape index (κ1) is 12.1. The van der Waals surface area contributed by atoms with Crippen molar-refractivity contribution >= 4 is 17.3 Å². The van der Waals surface area contributed by atoms with E-state index in [0.717, 1.165) is 5.56 Å². The quantitative estimate of drug-likeness (QED) is 0.348. The average Bonchev–Trinajstić information content (AvgIpc) is 2.83. The SMILES string of the molecule is NCc1ccc(N=C(NO)n2cc(N)cn2)cc1. The largest absolute Gasteiger partial charge is 0.396 e. The van der Waals surface area contributed by atoms with Gasteiger partial charge in [-0.2, -0.15) is 5.10 Å². The Bertz CT molecular complexity index is 545. The summed E-state index contributed by atoms with van der Waals surface area (Å²) >= 11 is 0. The van der Waals surface area contributed by atoms with E-state index in [1.807, 2.05) is 17.6 Å². The van der Waals surface area contributed by atoms with Crippen LogP contribution in [0, 0.1) is 0 Å². The van der Waals surface area contributed by atoms with Gasteiger partial charge >= 0.3 is 0 Å². The van der Waals surface area contributed by atoms with Gasteiger partial charge in [-0.05, 0) is 17.7 Å². The summed E-state index contributed by atoms with van der Waals surface area (Å²) in [6.45, 7) is 0.477. The Morgan fingerprint density at radius 1 is 1.39 bits per heavy atom. The lowest BCUT2D eigenvalue weighted by Gasteiger charge is -2.04. The van der Waals surface area contributed by atoms with Crippen LogP contribution < -0.4 is 16.9 Å². The molecule has 1 aromatic carbocycles. The number of aliphatic imine (C=N–C) groups is 1. The first-order chi connectivity index (χ1) is 8.72. The molecule has 0 aliphatic carbocycles. The number of nitrogens with two attached hydrogens (primary N) is 2. The molecule has 0 atom stereocenters. The van der Waals surface area contributed by atoms with E-state index >= 15 is 0 Å². The highest BCUT2D eigenvalue weighted by atomic mass is 16.5. The number of nitrogens with one attached hydrogen (secondary N) is 1. The van der Waals surface area contributed by atoms with Crippen molar-refractivity contribution in [2.45, 2.75) is 6.54 Å². The fourth-order valence-corrected chi connectivity index (χ4v) is 1.41. The molecule has 0 amide bonds. The summed E-state index contributed by atoms with van der Waals surface area (Å²) in [6.07, 6.45) is 3.00. The third-order valence-corrected chi connectivity index (χ3v) is 2.33. The highest BCUT2D eigenvalue weighted by molar-refractivity contribution is 5.83.